The molecule has 1 heterocycles. The Hall–Kier alpha value is -2.61. The van der Waals surface area contributed by atoms with Crippen molar-refractivity contribution >= 4 is 23.4 Å². The van der Waals surface area contributed by atoms with Crippen LogP contribution in [-0.2, 0) is 14.3 Å². The minimum Gasteiger partial charge on any atom is -0.491 e. The normalized spacial score (nSPS) is 25.1. The van der Waals surface area contributed by atoms with Crippen LogP contribution in [0.2, 0.25) is 0 Å². The van der Waals surface area contributed by atoms with Gasteiger partial charge >= 0.3 is 0 Å². The molecule has 1 N–H and O–H groups in total. The maximum absolute atomic E-state index is 13.3. The molecule has 0 bridgehead atoms. The zero-order valence-electron chi connectivity index (χ0n) is 19.0. The maximum atomic E-state index is 13.3. The molecule has 1 aromatic rings. The number of hydrogen-bond acceptors (Lipinski definition) is 5. The third kappa shape index (κ3) is 5.55. The lowest BCUT2D eigenvalue weighted by atomic mass is 10.0. The van der Waals surface area contributed by atoms with E-state index in [1.54, 1.807) is 49.1 Å². The van der Waals surface area contributed by atoms with Crippen LogP contribution in [0.4, 0.5) is 5.69 Å². The average molecular weight is 432 g/mol. The number of hydrogen-bond donors (Lipinski definition) is 1. The standard InChI is InChI=1S/C23H33N3O5/c1-14-11-26(16(3)27)15(2)13-31-20-9-8-18(24-22(28)17-6-7-17)10-19(20)23(29)25(4)12-21(14)30-5/h8-10,14-15,17,21H,6-7,11-13H2,1-5H3,(H,24,28)/t14-,15+,21+/m1/s1. The first-order valence-corrected chi connectivity index (χ1v) is 10.8. The summed E-state index contributed by atoms with van der Waals surface area (Å²) in [5, 5.41) is 2.89. The van der Waals surface area contributed by atoms with E-state index in [1.807, 2.05) is 13.8 Å². The van der Waals surface area contributed by atoms with E-state index >= 15 is 0 Å². The lowest BCUT2D eigenvalue weighted by Crippen LogP contribution is -2.48. The van der Waals surface area contributed by atoms with E-state index in [1.165, 1.54) is 0 Å². The van der Waals surface area contributed by atoms with Gasteiger partial charge in [-0.3, -0.25) is 14.4 Å². The Balaban J connectivity index is 1.93. The van der Waals surface area contributed by atoms with Crippen LogP contribution in [0.25, 0.3) is 0 Å². The number of carbonyl (C=O) groups is 3. The fourth-order valence-corrected chi connectivity index (χ4v) is 3.88. The Morgan fingerprint density at radius 1 is 1.19 bits per heavy atom. The van der Waals surface area contributed by atoms with Gasteiger partial charge in [-0.15, -0.1) is 0 Å². The molecule has 0 radical (unpaired) electrons. The van der Waals surface area contributed by atoms with Gasteiger partial charge in [0, 0.05) is 51.7 Å². The Morgan fingerprint density at radius 2 is 1.90 bits per heavy atom. The summed E-state index contributed by atoms with van der Waals surface area (Å²) in [4.78, 5) is 41.1. The van der Waals surface area contributed by atoms with Crippen molar-refractivity contribution < 1.29 is 23.9 Å². The number of carbonyl (C=O) groups excluding carboxylic acids is 3. The van der Waals surface area contributed by atoms with E-state index in [4.69, 9.17) is 9.47 Å². The van der Waals surface area contributed by atoms with Crippen LogP contribution in [0.3, 0.4) is 0 Å². The van der Waals surface area contributed by atoms with Crippen LogP contribution in [0.1, 0.15) is 44.0 Å². The summed E-state index contributed by atoms with van der Waals surface area (Å²) in [5.41, 5.74) is 0.948. The topological polar surface area (TPSA) is 88.2 Å². The van der Waals surface area contributed by atoms with E-state index in [0.29, 0.717) is 30.1 Å². The summed E-state index contributed by atoms with van der Waals surface area (Å²) in [6.07, 6.45) is 1.58. The predicted molar refractivity (Wildman–Crippen MR) is 117 cm³/mol. The van der Waals surface area contributed by atoms with Gasteiger partial charge in [0.15, 0.2) is 0 Å². The highest BCUT2D eigenvalue weighted by molar-refractivity contribution is 6.00. The first kappa shape index (κ1) is 23.1. The fraction of sp³-hybridized carbons (Fsp3) is 0.609. The molecule has 170 valence electrons. The van der Waals surface area contributed by atoms with Crippen molar-refractivity contribution in [3.63, 3.8) is 0 Å². The maximum Gasteiger partial charge on any atom is 0.257 e. The molecule has 8 heteroatoms. The molecular formula is C23H33N3O5. The lowest BCUT2D eigenvalue weighted by molar-refractivity contribution is -0.133. The third-order valence-electron chi connectivity index (χ3n) is 6.06. The summed E-state index contributed by atoms with van der Waals surface area (Å²) in [7, 11) is 3.34. The summed E-state index contributed by atoms with van der Waals surface area (Å²) >= 11 is 0. The summed E-state index contributed by atoms with van der Waals surface area (Å²) in [6.45, 7) is 6.63. The van der Waals surface area contributed by atoms with Gasteiger partial charge in [0.05, 0.1) is 17.7 Å². The lowest BCUT2D eigenvalue weighted by Gasteiger charge is -2.35. The van der Waals surface area contributed by atoms with Crippen LogP contribution < -0.4 is 10.1 Å². The number of fused-ring (bicyclic) bond motifs is 1. The van der Waals surface area contributed by atoms with Gasteiger partial charge in [-0.1, -0.05) is 6.92 Å². The van der Waals surface area contributed by atoms with Gasteiger partial charge in [-0.25, -0.2) is 0 Å². The zero-order chi connectivity index (χ0) is 22.7. The monoisotopic (exact) mass is 431 g/mol. The smallest absolute Gasteiger partial charge is 0.257 e. The number of rotatable bonds is 3. The molecule has 3 rings (SSSR count). The van der Waals surface area contributed by atoms with Crippen LogP contribution in [-0.4, -0.2) is 73.5 Å². The van der Waals surface area contributed by atoms with Crippen molar-refractivity contribution in [3.05, 3.63) is 23.8 Å². The van der Waals surface area contributed by atoms with Crippen molar-refractivity contribution in [2.75, 3.05) is 39.2 Å². The second-order valence-corrected chi connectivity index (χ2v) is 8.74. The zero-order valence-corrected chi connectivity index (χ0v) is 19.0. The minimum atomic E-state index is -0.232. The highest BCUT2D eigenvalue weighted by atomic mass is 16.5. The quantitative estimate of drug-likeness (QED) is 0.794. The molecular weight excluding hydrogens is 398 g/mol. The number of likely N-dealkylation sites (N-methyl/N-ethyl adjacent to an activating group) is 1. The van der Waals surface area contributed by atoms with Gasteiger partial charge in [-0.05, 0) is 38.0 Å². The number of benzene rings is 1. The van der Waals surface area contributed by atoms with Crippen molar-refractivity contribution in [2.45, 2.75) is 45.8 Å². The number of methoxy groups -OCH3 is 1. The summed E-state index contributed by atoms with van der Waals surface area (Å²) in [5.74, 6) is 0.265. The molecule has 1 aliphatic heterocycles. The number of nitrogens with one attached hydrogen (secondary N) is 1. The number of nitrogens with zero attached hydrogens (tertiary/aromatic N) is 2. The molecule has 8 nitrogen and oxygen atoms in total. The second-order valence-electron chi connectivity index (χ2n) is 8.74. The molecule has 1 fully saturated rings. The van der Waals surface area contributed by atoms with Gasteiger partial charge < -0.3 is 24.6 Å². The van der Waals surface area contributed by atoms with E-state index in [0.717, 1.165) is 12.8 Å². The molecule has 0 saturated heterocycles. The van der Waals surface area contributed by atoms with E-state index in [9.17, 15) is 14.4 Å². The molecule has 0 unspecified atom stereocenters. The third-order valence-corrected chi connectivity index (χ3v) is 6.06. The van der Waals surface area contributed by atoms with E-state index in [-0.39, 0.29) is 48.3 Å². The van der Waals surface area contributed by atoms with Crippen LogP contribution in [0, 0.1) is 11.8 Å². The Labute approximate surface area is 183 Å². The van der Waals surface area contributed by atoms with Gasteiger partial charge in [-0.2, -0.15) is 0 Å². The fourth-order valence-electron chi connectivity index (χ4n) is 3.88. The van der Waals surface area contributed by atoms with Gasteiger partial charge in [0.2, 0.25) is 11.8 Å². The van der Waals surface area contributed by atoms with Crippen molar-refractivity contribution in [2.24, 2.45) is 11.8 Å². The molecule has 2 aliphatic rings. The number of amides is 3. The highest BCUT2D eigenvalue weighted by Crippen LogP contribution is 2.31. The Bertz CT molecular complexity index is 839. The van der Waals surface area contributed by atoms with Gasteiger partial charge in [0.25, 0.3) is 5.91 Å². The largest absolute Gasteiger partial charge is 0.491 e. The van der Waals surface area contributed by atoms with Crippen LogP contribution in [0.5, 0.6) is 5.75 Å². The minimum absolute atomic E-state index is 0.0196. The average Bonchev–Trinajstić information content (AvgIpc) is 3.58. The molecule has 1 saturated carbocycles. The number of anilines is 1. The molecule has 1 aromatic carbocycles. The van der Waals surface area contributed by atoms with Gasteiger partial charge in [0.1, 0.15) is 12.4 Å². The SMILES string of the molecule is CO[C@H]1CN(C)C(=O)c2cc(NC(=O)C3CC3)ccc2OC[C@H](C)N(C(C)=O)C[C@H]1C. The van der Waals surface area contributed by atoms with Crippen molar-refractivity contribution in [1.82, 2.24) is 9.80 Å². The molecule has 31 heavy (non-hydrogen) atoms. The summed E-state index contributed by atoms with van der Waals surface area (Å²) < 4.78 is 11.7. The molecule has 0 aromatic heterocycles. The van der Waals surface area contributed by atoms with Crippen LogP contribution >= 0.6 is 0 Å². The second kappa shape index (κ2) is 9.68. The summed E-state index contributed by atoms with van der Waals surface area (Å²) in [6, 6.07) is 4.94. The molecule has 3 amide bonds. The Kier molecular flexibility index (Phi) is 7.20. The molecule has 0 spiro atoms. The molecule has 1 aliphatic carbocycles. The van der Waals surface area contributed by atoms with Crippen LogP contribution in [0.15, 0.2) is 18.2 Å². The van der Waals surface area contributed by atoms with Crippen molar-refractivity contribution in [3.8, 4) is 5.75 Å². The number of ether oxygens (including phenoxy) is 2. The highest BCUT2D eigenvalue weighted by Gasteiger charge is 2.31. The van der Waals surface area contributed by atoms with E-state index < -0.39 is 0 Å². The molecule has 3 atom stereocenters. The first-order chi connectivity index (χ1) is 14.7. The first-order valence-electron chi connectivity index (χ1n) is 10.8. The predicted octanol–water partition coefficient (Wildman–Crippen LogP) is 2.39. The van der Waals surface area contributed by atoms with Crippen molar-refractivity contribution in [1.29, 1.82) is 0 Å². The Morgan fingerprint density at radius 3 is 2.52 bits per heavy atom. The van der Waals surface area contributed by atoms with E-state index in [2.05, 4.69) is 5.32 Å².